The number of nitrogens with one attached hydrogen (secondary N) is 1. The number of fused-ring (bicyclic) bond motifs is 1. The molecule has 0 fully saturated rings. The van der Waals surface area contributed by atoms with Crippen LogP contribution in [0, 0.1) is 5.92 Å². The van der Waals surface area contributed by atoms with E-state index in [0.717, 1.165) is 17.4 Å². The van der Waals surface area contributed by atoms with Gasteiger partial charge in [0, 0.05) is 24.7 Å². The lowest BCUT2D eigenvalue weighted by Crippen LogP contribution is -2.30. The van der Waals surface area contributed by atoms with Crippen LogP contribution >= 0.6 is 0 Å². The van der Waals surface area contributed by atoms with E-state index in [2.05, 4.69) is 28.5 Å². The van der Waals surface area contributed by atoms with Crippen molar-refractivity contribution in [1.82, 2.24) is 10.3 Å². The molecule has 1 aromatic carbocycles. The van der Waals surface area contributed by atoms with Gasteiger partial charge in [-0.25, -0.2) is 0 Å². The van der Waals surface area contributed by atoms with E-state index >= 15 is 0 Å². The third-order valence-electron chi connectivity index (χ3n) is 3.12. The van der Waals surface area contributed by atoms with E-state index in [0.29, 0.717) is 12.5 Å². The molecule has 1 atom stereocenters. The van der Waals surface area contributed by atoms with Crippen molar-refractivity contribution in [2.45, 2.75) is 26.5 Å². The van der Waals surface area contributed by atoms with Crippen LogP contribution in [0.5, 0.6) is 0 Å². The first kappa shape index (κ1) is 13.0. The summed E-state index contributed by atoms with van der Waals surface area (Å²) in [5.41, 5.74) is 2.23. The zero-order valence-corrected chi connectivity index (χ0v) is 10.9. The fourth-order valence-electron chi connectivity index (χ4n) is 1.84. The highest BCUT2D eigenvalue weighted by Gasteiger charge is 2.07. The fourth-order valence-corrected chi connectivity index (χ4v) is 1.84. The van der Waals surface area contributed by atoms with E-state index in [4.69, 9.17) is 0 Å². The van der Waals surface area contributed by atoms with Crippen molar-refractivity contribution >= 4 is 10.9 Å². The maximum absolute atomic E-state index is 9.70. The SMILES string of the molecule is CC(C)C(O)CNCc1ccc2ncccc2c1. The van der Waals surface area contributed by atoms with Crippen molar-refractivity contribution < 1.29 is 5.11 Å². The second-order valence-corrected chi connectivity index (χ2v) is 4.97. The summed E-state index contributed by atoms with van der Waals surface area (Å²) >= 11 is 0. The van der Waals surface area contributed by atoms with E-state index < -0.39 is 0 Å². The van der Waals surface area contributed by atoms with E-state index in [1.165, 1.54) is 5.56 Å². The predicted octanol–water partition coefficient (Wildman–Crippen LogP) is 2.34. The molecule has 1 aromatic heterocycles. The Morgan fingerprint density at radius 1 is 1.28 bits per heavy atom. The normalized spacial score (nSPS) is 13.1. The lowest BCUT2D eigenvalue weighted by Gasteiger charge is -2.15. The Hall–Kier alpha value is -1.45. The first-order valence-corrected chi connectivity index (χ1v) is 6.39. The third kappa shape index (κ3) is 3.28. The number of rotatable bonds is 5. The van der Waals surface area contributed by atoms with Gasteiger partial charge in [-0.05, 0) is 29.7 Å². The highest BCUT2D eigenvalue weighted by atomic mass is 16.3. The predicted molar refractivity (Wildman–Crippen MR) is 74.3 cm³/mol. The standard InChI is InChI=1S/C15H20N2O/c1-11(2)15(18)10-16-9-12-5-6-14-13(8-12)4-3-7-17-14/h3-8,11,15-16,18H,9-10H2,1-2H3. The number of aliphatic hydroxyl groups excluding tert-OH is 1. The largest absolute Gasteiger partial charge is 0.392 e. The molecule has 2 aromatic rings. The molecule has 3 heteroatoms. The monoisotopic (exact) mass is 244 g/mol. The van der Waals surface area contributed by atoms with Crippen molar-refractivity contribution in [2.75, 3.05) is 6.54 Å². The zero-order valence-electron chi connectivity index (χ0n) is 10.9. The van der Waals surface area contributed by atoms with Gasteiger partial charge in [-0.1, -0.05) is 26.0 Å². The Bertz CT molecular complexity index is 511. The summed E-state index contributed by atoms with van der Waals surface area (Å²) in [5, 5.41) is 14.1. The molecule has 1 heterocycles. The van der Waals surface area contributed by atoms with Crippen LogP contribution in [0.4, 0.5) is 0 Å². The summed E-state index contributed by atoms with van der Waals surface area (Å²) in [7, 11) is 0. The second-order valence-electron chi connectivity index (χ2n) is 4.97. The molecule has 18 heavy (non-hydrogen) atoms. The molecule has 0 spiro atoms. The number of pyridine rings is 1. The number of hydrogen-bond acceptors (Lipinski definition) is 3. The van der Waals surface area contributed by atoms with Gasteiger partial charge in [0.2, 0.25) is 0 Å². The smallest absolute Gasteiger partial charge is 0.0702 e. The minimum absolute atomic E-state index is 0.285. The van der Waals surface area contributed by atoms with E-state index in [-0.39, 0.29) is 6.10 Å². The molecule has 0 saturated heterocycles. The van der Waals surface area contributed by atoms with Crippen molar-refractivity contribution in [3.63, 3.8) is 0 Å². The molecule has 2 N–H and O–H groups in total. The second kappa shape index (κ2) is 5.94. The molecule has 0 aliphatic heterocycles. The number of hydrogen-bond donors (Lipinski definition) is 2. The summed E-state index contributed by atoms with van der Waals surface area (Å²) < 4.78 is 0. The van der Waals surface area contributed by atoms with Crippen LogP contribution < -0.4 is 5.32 Å². The average Bonchev–Trinajstić information content (AvgIpc) is 2.38. The number of nitrogens with zero attached hydrogens (tertiary/aromatic N) is 1. The van der Waals surface area contributed by atoms with Gasteiger partial charge in [-0.2, -0.15) is 0 Å². The van der Waals surface area contributed by atoms with Gasteiger partial charge in [0.15, 0.2) is 0 Å². The van der Waals surface area contributed by atoms with E-state index in [9.17, 15) is 5.11 Å². The molecule has 3 nitrogen and oxygen atoms in total. The van der Waals surface area contributed by atoms with Crippen LogP contribution in [0.15, 0.2) is 36.5 Å². The molecule has 0 radical (unpaired) electrons. The van der Waals surface area contributed by atoms with Gasteiger partial charge in [0.25, 0.3) is 0 Å². The molecular formula is C15H20N2O. The van der Waals surface area contributed by atoms with Crippen molar-refractivity contribution in [3.05, 3.63) is 42.1 Å². The Kier molecular flexibility index (Phi) is 4.28. The van der Waals surface area contributed by atoms with Crippen LogP contribution in [0.3, 0.4) is 0 Å². The third-order valence-corrected chi connectivity index (χ3v) is 3.12. The Morgan fingerprint density at radius 3 is 2.89 bits per heavy atom. The quantitative estimate of drug-likeness (QED) is 0.848. The molecule has 0 aliphatic rings. The van der Waals surface area contributed by atoms with Gasteiger partial charge in [0.1, 0.15) is 0 Å². The zero-order chi connectivity index (χ0) is 13.0. The van der Waals surface area contributed by atoms with Gasteiger partial charge >= 0.3 is 0 Å². The highest BCUT2D eigenvalue weighted by molar-refractivity contribution is 5.78. The maximum Gasteiger partial charge on any atom is 0.0702 e. The number of aliphatic hydroxyl groups is 1. The van der Waals surface area contributed by atoms with Gasteiger partial charge in [-0.15, -0.1) is 0 Å². The molecule has 96 valence electrons. The molecule has 2 rings (SSSR count). The van der Waals surface area contributed by atoms with Gasteiger partial charge < -0.3 is 10.4 Å². The van der Waals surface area contributed by atoms with E-state index in [1.807, 2.05) is 26.0 Å². The number of benzene rings is 1. The molecule has 0 bridgehead atoms. The Balaban J connectivity index is 1.96. The molecule has 0 saturated carbocycles. The minimum atomic E-state index is -0.285. The summed E-state index contributed by atoms with van der Waals surface area (Å²) in [4.78, 5) is 4.29. The Morgan fingerprint density at radius 2 is 2.11 bits per heavy atom. The summed E-state index contributed by atoms with van der Waals surface area (Å²) in [6.45, 7) is 5.44. The van der Waals surface area contributed by atoms with Crippen LogP contribution in [0.25, 0.3) is 10.9 Å². The summed E-state index contributed by atoms with van der Waals surface area (Å²) in [6.07, 6.45) is 1.52. The molecule has 0 amide bonds. The maximum atomic E-state index is 9.70. The van der Waals surface area contributed by atoms with Crippen LogP contribution in [0.1, 0.15) is 19.4 Å². The first-order valence-electron chi connectivity index (χ1n) is 6.39. The van der Waals surface area contributed by atoms with Gasteiger partial charge in [-0.3, -0.25) is 4.98 Å². The van der Waals surface area contributed by atoms with Crippen LogP contribution in [0.2, 0.25) is 0 Å². The molecular weight excluding hydrogens is 224 g/mol. The average molecular weight is 244 g/mol. The van der Waals surface area contributed by atoms with Crippen LogP contribution in [-0.2, 0) is 6.54 Å². The van der Waals surface area contributed by atoms with Crippen molar-refractivity contribution in [3.8, 4) is 0 Å². The van der Waals surface area contributed by atoms with Crippen molar-refractivity contribution in [2.24, 2.45) is 5.92 Å². The van der Waals surface area contributed by atoms with E-state index in [1.54, 1.807) is 6.20 Å². The topological polar surface area (TPSA) is 45.1 Å². The lowest BCUT2D eigenvalue weighted by atomic mass is 10.1. The molecule has 0 aliphatic carbocycles. The van der Waals surface area contributed by atoms with Gasteiger partial charge in [0.05, 0.1) is 11.6 Å². The minimum Gasteiger partial charge on any atom is -0.392 e. The Labute approximate surface area is 108 Å². The summed E-state index contributed by atoms with van der Waals surface area (Å²) in [6, 6.07) is 10.3. The lowest BCUT2D eigenvalue weighted by molar-refractivity contribution is 0.123. The fraction of sp³-hybridized carbons (Fsp3) is 0.400. The van der Waals surface area contributed by atoms with Crippen LogP contribution in [-0.4, -0.2) is 22.7 Å². The molecule has 1 unspecified atom stereocenters. The first-order chi connectivity index (χ1) is 8.66. The summed E-state index contributed by atoms with van der Waals surface area (Å²) in [5.74, 6) is 0.290. The highest BCUT2D eigenvalue weighted by Crippen LogP contribution is 2.13. The number of aromatic nitrogens is 1. The van der Waals surface area contributed by atoms with Crippen molar-refractivity contribution in [1.29, 1.82) is 0 Å².